The topological polar surface area (TPSA) is 54.7 Å². The van der Waals surface area contributed by atoms with Crippen LogP contribution in [0.5, 0.6) is 5.75 Å². The van der Waals surface area contributed by atoms with Crippen LogP contribution in [0.3, 0.4) is 0 Å². The molecule has 0 saturated carbocycles. The van der Waals surface area contributed by atoms with Crippen molar-refractivity contribution in [2.24, 2.45) is 10.9 Å². The minimum absolute atomic E-state index is 0. The van der Waals surface area contributed by atoms with Gasteiger partial charge in [0.25, 0.3) is 0 Å². The third-order valence-electron chi connectivity index (χ3n) is 5.08. The molecule has 2 heterocycles. The standard InChI is InChI=1S/C21H31N5O.HI/c1-4-23-21(24-14-18-7-6-8-19(13-18)27-5-2)25-11-9-17(3)20(15-25)26-12-10-22-16-26;/h6-8,10,12-13,16-17,20H,4-5,9,11,14-15H2,1-3H3,(H,23,24);1H. The van der Waals surface area contributed by atoms with Crippen LogP contribution in [0.15, 0.2) is 48.0 Å². The van der Waals surface area contributed by atoms with Crippen LogP contribution in [-0.2, 0) is 6.54 Å². The fourth-order valence-electron chi connectivity index (χ4n) is 3.59. The number of hydrogen-bond acceptors (Lipinski definition) is 3. The Bertz CT molecular complexity index is 734. The van der Waals surface area contributed by atoms with Crippen LogP contribution < -0.4 is 10.1 Å². The first-order valence-corrected chi connectivity index (χ1v) is 9.93. The highest BCUT2D eigenvalue weighted by atomic mass is 127. The van der Waals surface area contributed by atoms with Gasteiger partial charge < -0.3 is 19.5 Å². The Morgan fingerprint density at radius 1 is 1.36 bits per heavy atom. The van der Waals surface area contributed by atoms with Crippen LogP contribution in [-0.4, -0.2) is 46.7 Å². The lowest BCUT2D eigenvalue weighted by atomic mass is 9.93. The van der Waals surface area contributed by atoms with Crippen molar-refractivity contribution in [1.82, 2.24) is 19.8 Å². The zero-order valence-electron chi connectivity index (χ0n) is 17.0. The third kappa shape index (κ3) is 5.86. The van der Waals surface area contributed by atoms with Crippen molar-refractivity contribution in [3.63, 3.8) is 0 Å². The number of ether oxygens (including phenoxy) is 1. The van der Waals surface area contributed by atoms with E-state index in [9.17, 15) is 0 Å². The van der Waals surface area contributed by atoms with Crippen molar-refractivity contribution >= 4 is 29.9 Å². The summed E-state index contributed by atoms with van der Waals surface area (Å²) in [6, 6.07) is 8.61. The number of hydrogen-bond donors (Lipinski definition) is 1. The highest BCUT2D eigenvalue weighted by molar-refractivity contribution is 14.0. The maximum Gasteiger partial charge on any atom is 0.194 e. The van der Waals surface area contributed by atoms with Gasteiger partial charge in [-0.05, 0) is 43.9 Å². The fraction of sp³-hybridized carbons (Fsp3) is 0.524. The van der Waals surface area contributed by atoms with E-state index >= 15 is 0 Å². The number of piperidine rings is 1. The summed E-state index contributed by atoms with van der Waals surface area (Å²) in [6.45, 7) is 10.6. The number of aromatic nitrogens is 2. The predicted octanol–water partition coefficient (Wildman–Crippen LogP) is 3.95. The fourth-order valence-corrected chi connectivity index (χ4v) is 3.59. The number of nitrogens with one attached hydrogen (secondary N) is 1. The van der Waals surface area contributed by atoms with Crippen LogP contribution in [0.25, 0.3) is 0 Å². The van der Waals surface area contributed by atoms with Crippen LogP contribution in [0.2, 0.25) is 0 Å². The summed E-state index contributed by atoms with van der Waals surface area (Å²) in [5, 5.41) is 3.46. The number of imidazole rings is 1. The lowest BCUT2D eigenvalue weighted by Gasteiger charge is -2.39. The van der Waals surface area contributed by atoms with Crippen molar-refractivity contribution in [3.05, 3.63) is 48.5 Å². The average molecular weight is 497 g/mol. The van der Waals surface area contributed by atoms with Crippen LogP contribution in [0.1, 0.15) is 38.8 Å². The molecule has 2 atom stereocenters. The van der Waals surface area contributed by atoms with E-state index < -0.39 is 0 Å². The van der Waals surface area contributed by atoms with E-state index in [0.29, 0.717) is 25.1 Å². The zero-order valence-corrected chi connectivity index (χ0v) is 19.4. The lowest BCUT2D eigenvalue weighted by Crippen LogP contribution is -2.49. The van der Waals surface area contributed by atoms with Crippen molar-refractivity contribution in [2.75, 3.05) is 26.2 Å². The number of aliphatic imine (C=N–C) groups is 1. The largest absolute Gasteiger partial charge is 0.494 e. The summed E-state index contributed by atoms with van der Waals surface area (Å²) in [7, 11) is 0. The Labute approximate surface area is 185 Å². The Kier molecular flexibility index (Phi) is 9.08. The third-order valence-corrected chi connectivity index (χ3v) is 5.08. The van der Waals surface area contributed by atoms with E-state index in [1.807, 2.05) is 31.6 Å². The van der Waals surface area contributed by atoms with E-state index in [2.05, 4.69) is 51.9 Å². The molecule has 1 aliphatic rings. The number of halogens is 1. The maximum absolute atomic E-state index is 5.60. The molecule has 1 saturated heterocycles. The maximum atomic E-state index is 5.60. The molecule has 0 radical (unpaired) electrons. The summed E-state index contributed by atoms with van der Waals surface area (Å²) < 4.78 is 7.83. The van der Waals surface area contributed by atoms with Crippen molar-refractivity contribution in [3.8, 4) is 5.75 Å². The molecule has 0 aliphatic carbocycles. The highest BCUT2D eigenvalue weighted by Gasteiger charge is 2.28. The quantitative estimate of drug-likeness (QED) is 0.373. The first-order valence-electron chi connectivity index (χ1n) is 9.93. The Balaban J connectivity index is 0.00000280. The molecule has 0 spiro atoms. The van der Waals surface area contributed by atoms with Gasteiger partial charge in [0.1, 0.15) is 5.75 Å². The molecule has 1 aromatic carbocycles. The summed E-state index contributed by atoms with van der Waals surface area (Å²) in [6.07, 6.45) is 6.99. The Morgan fingerprint density at radius 3 is 2.93 bits per heavy atom. The number of benzene rings is 1. The highest BCUT2D eigenvalue weighted by Crippen LogP contribution is 2.27. The number of guanidine groups is 1. The first-order chi connectivity index (χ1) is 13.2. The summed E-state index contributed by atoms with van der Waals surface area (Å²) in [4.78, 5) is 11.5. The van der Waals surface area contributed by atoms with E-state index in [-0.39, 0.29) is 24.0 Å². The second-order valence-corrected chi connectivity index (χ2v) is 7.04. The smallest absolute Gasteiger partial charge is 0.194 e. The molecule has 1 fully saturated rings. The van der Waals surface area contributed by atoms with Gasteiger partial charge in [0.15, 0.2) is 5.96 Å². The van der Waals surface area contributed by atoms with E-state index in [0.717, 1.165) is 43.3 Å². The first kappa shape index (κ1) is 22.5. The van der Waals surface area contributed by atoms with Gasteiger partial charge in [-0.15, -0.1) is 24.0 Å². The van der Waals surface area contributed by atoms with Crippen molar-refractivity contribution in [1.29, 1.82) is 0 Å². The molecule has 7 heteroatoms. The normalized spacial score (nSPS) is 19.8. The average Bonchev–Trinajstić information content (AvgIpc) is 3.21. The number of rotatable bonds is 6. The van der Waals surface area contributed by atoms with E-state index in [4.69, 9.17) is 9.73 Å². The number of nitrogens with zero attached hydrogens (tertiary/aromatic N) is 4. The van der Waals surface area contributed by atoms with Crippen LogP contribution in [0.4, 0.5) is 0 Å². The second kappa shape index (κ2) is 11.3. The van der Waals surface area contributed by atoms with Gasteiger partial charge in [0, 0.05) is 32.0 Å². The molecule has 1 N–H and O–H groups in total. The molecule has 3 rings (SSSR count). The molecule has 28 heavy (non-hydrogen) atoms. The molecule has 2 unspecified atom stereocenters. The van der Waals surface area contributed by atoms with Gasteiger partial charge in [-0.2, -0.15) is 0 Å². The Morgan fingerprint density at radius 2 is 2.21 bits per heavy atom. The van der Waals surface area contributed by atoms with E-state index in [1.165, 1.54) is 0 Å². The van der Waals surface area contributed by atoms with Gasteiger partial charge in [-0.25, -0.2) is 9.98 Å². The van der Waals surface area contributed by atoms with Gasteiger partial charge in [-0.3, -0.25) is 0 Å². The van der Waals surface area contributed by atoms with Crippen molar-refractivity contribution < 1.29 is 4.74 Å². The lowest BCUT2D eigenvalue weighted by molar-refractivity contribution is 0.189. The van der Waals surface area contributed by atoms with Gasteiger partial charge in [0.2, 0.25) is 0 Å². The van der Waals surface area contributed by atoms with Gasteiger partial charge in [0.05, 0.1) is 25.5 Å². The SMILES string of the molecule is CCNC(=NCc1cccc(OCC)c1)N1CCC(C)C(n2ccnc2)C1.I. The van der Waals surface area contributed by atoms with Crippen LogP contribution in [0, 0.1) is 5.92 Å². The molecule has 6 nitrogen and oxygen atoms in total. The monoisotopic (exact) mass is 497 g/mol. The number of likely N-dealkylation sites (tertiary alicyclic amines) is 1. The second-order valence-electron chi connectivity index (χ2n) is 7.04. The minimum atomic E-state index is 0. The van der Waals surface area contributed by atoms with E-state index in [1.54, 1.807) is 0 Å². The summed E-state index contributed by atoms with van der Waals surface area (Å²) in [5.74, 6) is 2.51. The van der Waals surface area contributed by atoms with Gasteiger partial charge >= 0.3 is 0 Å². The summed E-state index contributed by atoms with van der Waals surface area (Å²) in [5.41, 5.74) is 1.16. The minimum Gasteiger partial charge on any atom is -0.494 e. The molecular weight excluding hydrogens is 465 g/mol. The van der Waals surface area contributed by atoms with Crippen molar-refractivity contribution in [2.45, 2.75) is 39.8 Å². The molecule has 0 bridgehead atoms. The summed E-state index contributed by atoms with van der Waals surface area (Å²) >= 11 is 0. The molecule has 1 aromatic heterocycles. The van der Waals surface area contributed by atoms with Crippen LogP contribution >= 0.6 is 24.0 Å². The molecule has 154 valence electrons. The van der Waals surface area contributed by atoms with Gasteiger partial charge in [-0.1, -0.05) is 19.1 Å². The molecular formula is C21H32IN5O. The zero-order chi connectivity index (χ0) is 19.1. The molecule has 1 aliphatic heterocycles. The molecule has 0 amide bonds. The Hall–Kier alpha value is -1.77. The predicted molar refractivity (Wildman–Crippen MR) is 124 cm³/mol. The molecule has 2 aromatic rings.